The number of hydrogen-bond donors (Lipinski definition) is 6. The van der Waals surface area contributed by atoms with E-state index in [0.29, 0.717) is 12.3 Å². The molecule has 0 spiro atoms. The summed E-state index contributed by atoms with van der Waals surface area (Å²) in [5.74, 6) is -13.7. The largest absolute Gasteiger partial charge is 0.524 e. The number of benzene rings is 3. The number of phosphoric ester groups is 1. The van der Waals surface area contributed by atoms with Gasteiger partial charge in [0.2, 0.25) is 27.7 Å². The second-order valence-corrected chi connectivity index (χ2v) is 29.6. The van der Waals surface area contributed by atoms with Crippen LogP contribution in [-0.4, -0.2) is 121 Å². The van der Waals surface area contributed by atoms with Crippen molar-refractivity contribution < 1.29 is 114 Å². The third kappa shape index (κ3) is 15.6. The van der Waals surface area contributed by atoms with Crippen molar-refractivity contribution in [3.8, 4) is 28.7 Å². The Kier molecular flexibility index (Phi) is 19.2. The van der Waals surface area contributed by atoms with Crippen molar-refractivity contribution in [1.82, 2.24) is 35.2 Å². The first-order chi connectivity index (χ1) is 43.0. The van der Waals surface area contributed by atoms with Crippen LogP contribution < -0.4 is 19.5 Å². The summed E-state index contributed by atoms with van der Waals surface area (Å²) in [7, 11) is -14.8. The molecule has 2 aliphatic carbocycles. The van der Waals surface area contributed by atoms with E-state index in [1.54, 1.807) is 0 Å². The van der Waals surface area contributed by atoms with Crippen LogP contribution in [0, 0.1) is 36.3 Å². The van der Waals surface area contributed by atoms with E-state index in [4.69, 9.17) is 16.1 Å². The molecule has 0 radical (unpaired) electrons. The molecule has 1 unspecified atom stereocenters. The van der Waals surface area contributed by atoms with Gasteiger partial charge in [-0.25, -0.2) is 40.0 Å². The number of hydrogen-bond acceptors (Lipinski definition) is 14. The van der Waals surface area contributed by atoms with Gasteiger partial charge in [-0.1, -0.05) is 43.5 Å². The van der Waals surface area contributed by atoms with Gasteiger partial charge in [0.05, 0.1) is 46.8 Å². The molecule has 3 amide bonds. The number of aryl methyl sites for hydroxylation is 1. The first kappa shape index (κ1) is 71.7. The van der Waals surface area contributed by atoms with Crippen molar-refractivity contribution in [1.29, 1.82) is 0 Å². The summed E-state index contributed by atoms with van der Waals surface area (Å²) in [6.07, 6.45) is -13.8. The lowest BCUT2D eigenvalue weighted by atomic mass is 9.77. The first-order valence-corrected chi connectivity index (χ1v) is 33.1. The molecule has 2 aliphatic rings. The number of amides is 3. The van der Waals surface area contributed by atoms with Crippen LogP contribution in [0.3, 0.4) is 0 Å². The fourth-order valence-electron chi connectivity index (χ4n) is 11.1. The number of anilines is 1. The molecule has 3 aromatic carbocycles. The normalized spacial score (nSPS) is 16.3. The van der Waals surface area contributed by atoms with Gasteiger partial charge in [-0.3, -0.25) is 38.3 Å². The van der Waals surface area contributed by atoms with E-state index in [1.165, 1.54) is 26.8 Å². The van der Waals surface area contributed by atoms with Gasteiger partial charge < -0.3 is 25.4 Å². The lowest BCUT2D eigenvalue weighted by Gasteiger charge is -2.31. The maximum Gasteiger partial charge on any atom is 0.524 e. The summed E-state index contributed by atoms with van der Waals surface area (Å²) in [6, 6.07) is 4.31. The number of fused-ring (bicyclic) bond motifs is 4. The smallest absolute Gasteiger partial charge is 0.481 e. The maximum atomic E-state index is 15.8. The van der Waals surface area contributed by atoms with Gasteiger partial charge in [-0.2, -0.15) is 49.6 Å². The van der Waals surface area contributed by atoms with E-state index in [0.717, 1.165) is 62.6 Å². The molecule has 506 valence electrons. The van der Waals surface area contributed by atoms with Crippen molar-refractivity contribution in [2.75, 3.05) is 16.8 Å². The minimum Gasteiger partial charge on any atom is -0.481 e. The minimum atomic E-state index is -5.60. The molecule has 94 heavy (non-hydrogen) atoms. The molecule has 0 saturated heterocycles. The van der Waals surface area contributed by atoms with Crippen LogP contribution in [0.25, 0.3) is 22.0 Å². The summed E-state index contributed by atoms with van der Waals surface area (Å²) < 4.78 is 220. The summed E-state index contributed by atoms with van der Waals surface area (Å²) in [4.78, 5) is 90.8. The highest BCUT2D eigenvalue weighted by molar-refractivity contribution is 7.93. The van der Waals surface area contributed by atoms with Crippen LogP contribution >= 0.6 is 19.4 Å². The van der Waals surface area contributed by atoms with Gasteiger partial charge in [-0.15, -0.1) is 0 Å². The minimum absolute atomic E-state index is 0.0841. The second kappa shape index (κ2) is 25.2. The molecule has 3 heterocycles. The SMILES string of the molecule is Cc1cc(CC(=O)N[C@H](CC(=O)O)C(=O)O)c(C(C)(C)CC(=O)N(c2nn(CC(F)(F)F)c3c(-c4ccc(C#CC(C)(C)S(C)(=O)=O)nc4[C@H](Cc4cc(F)cc(F)c4)NC(=O)Cn4nc(C(F)(F)F)c5c4C(F)(F)C4C[C@H]54)ccc(Cl)c23)S(C)(=O)=O)c(OP(=O)(O)O)c1. The first-order valence-electron chi connectivity index (χ1n) is 27.4. The van der Waals surface area contributed by atoms with Crippen LogP contribution in [0.5, 0.6) is 5.75 Å². The lowest BCUT2D eigenvalue weighted by Crippen LogP contribution is -2.43. The van der Waals surface area contributed by atoms with E-state index < -0.39 is 233 Å². The number of rotatable bonds is 22. The van der Waals surface area contributed by atoms with Crippen molar-refractivity contribution in [2.24, 2.45) is 5.92 Å². The zero-order chi connectivity index (χ0) is 70.3. The van der Waals surface area contributed by atoms with Gasteiger partial charge >= 0.3 is 32.1 Å². The highest BCUT2D eigenvalue weighted by Crippen LogP contribution is 2.68. The molecular formula is C57H54ClF10N8O15PS2. The maximum absolute atomic E-state index is 15.8. The Labute approximate surface area is 532 Å². The zero-order valence-corrected chi connectivity index (χ0v) is 53.1. The molecule has 0 aliphatic heterocycles. The van der Waals surface area contributed by atoms with Gasteiger partial charge in [0.25, 0.3) is 5.92 Å². The summed E-state index contributed by atoms with van der Waals surface area (Å²) >= 11 is 6.81. The van der Waals surface area contributed by atoms with Crippen LogP contribution in [0.15, 0.2) is 54.6 Å². The Balaban J connectivity index is 1.34. The number of alkyl halides is 8. The molecule has 0 bridgehead atoms. The predicted octanol–water partition coefficient (Wildman–Crippen LogP) is 8.32. The summed E-state index contributed by atoms with van der Waals surface area (Å²) in [6.45, 7) is 2.50. The average molecular weight is 1410 g/mol. The number of aromatic nitrogens is 5. The van der Waals surface area contributed by atoms with E-state index >= 15 is 35.5 Å². The number of nitrogens with one attached hydrogen (secondary N) is 2. The number of carboxylic acid groups (broad SMARTS) is 2. The monoisotopic (exact) mass is 1410 g/mol. The van der Waals surface area contributed by atoms with E-state index in [1.807, 2.05) is 5.32 Å². The quantitative estimate of drug-likeness (QED) is 0.0211. The van der Waals surface area contributed by atoms with Crippen LogP contribution in [-0.2, 0) is 91.8 Å². The van der Waals surface area contributed by atoms with Crippen molar-refractivity contribution in [2.45, 2.75) is 126 Å². The molecule has 6 N–H and O–H groups in total. The molecule has 8 rings (SSSR count). The number of phosphoric acid groups is 1. The zero-order valence-electron chi connectivity index (χ0n) is 49.8. The Hall–Kier alpha value is -8.16. The Morgan fingerprint density at radius 3 is 2.07 bits per heavy atom. The molecular weight excluding hydrogens is 1360 g/mol. The fourth-order valence-corrected chi connectivity index (χ4v) is 12.9. The van der Waals surface area contributed by atoms with Gasteiger partial charge in [0.1, 0.15) is 52.7 Å². The number of carboxylic acids is 2. The number of pyridine rings is 1. The van der Waals surface area contributed by atoms with Crippen molar-refractivity contribution >= 4 is 85.7 Å². The second-order valence-electron chi connectivity index (χ2n) is 23.6. The number of sulfonamides is 1. The molecule has 1 saturated carbocycles. The van der Waals surface area contributed by atoms with Crippen molar-refractivity contribution in [3.63, 3.8) is 0 Å². The lowest BCUT2D eigenvalue weighted by molar-refractivity contribution is -0.147. The third-order valence-electron chi connectivity index (χ3n) is 15.2. The third-order valence-corrected chi connectivity index (χ3v) is 19.0. The number of carbonyl (C=O) groups is 5. The number of halogens is 11. The molecule has 6 aromatic rings. The number of nitrogens with zero attached hydrogens (tertiary/aromatic N) is 6. The standard InChI is InChI=1S/C57H54ClF10N8O15PS2/c1-26-14-28(19-40(77)71-38(52(82)83)22-43(80)81)46(39(15-26)91-92(84,85)86)53(2,3)23-42(79)76(94(7,89)90)51-45-36(58)11-10-33(48(45)75(73-51)25-55(61,62)63)32-9-8-31(12-13-54(4,5)93(6,87)88)69-47(32)37(18-27-16-29(59)20-30(60)17-27)70-41(78)24-74-50-44(49(72-74)57(66,67)68)34-21-35(34)56(50,64)65/h8-11,14-17,20,34-35,37-38H,18-19,21-25H2,1-7H3,(H,70,78)(H,71,77)(H,80,81)(H,82,83)(H2,84,85,86)/t34-,35?,37-,38+/m0/s1. The van der Waals surface area contributed by atoms with Crippen molar-refractivity contribution in [3.05, 3.63) is 122 Å². The van der Waals surface area contributed by atoms with Gasteiger partial charge in [-0.05, 0) is 98.5 Å². The summed E-state index contributed by atoms with van der Waals surface area (Å²) in [5, 5.41) is 29.2. The molecule has 37 heteroatoms. The fraction of sp³-hybridized carbons (Fsp3) is 0.404. The van der Waals surface area contributed by atoms with Crippen LogP contribution in [0.2, 0.25) is 5.02 Å². The topological polar surface area (TPSA) is 337 Å². The predicted molar refractivity (Wildman–Crippen MR) is 312 cm³/mol. The van der Waals surface area contributed by atoms with Gasteiger partial charge in [0.15, 0.2) is 21.3 Å². The van der Waals surface area contributed by atoms with E-state index in [-0.39, 0.29) is 36.8 Å². The van der Waals surface area contributed by atoms with E-state index in [9.17, 15) is 73.7 Å². The number of aliphatic carboxylic acids is 2. The Bertz CT molecular complexity index is 4490. The highest BCUT2D eigenvalue weighted by atomic mass is 35.5. The van der Waals surface area contributed by atoms with Crippen LogP contribution in [0.4, 0.5) is 49.7 Å². The molecule has 1 fully saturated rings. The molecule has 4 atom stereocenters. The Morgan fingerprint density at radius 2 is 1.51 bits per heavy atom. The average Bonchev–Trinajstić information content (AvgIpc) is 1.52. The van der Waals surface area contributed by atoms with Gasteiger partial charge in [0, 0.05) is 52.3 Å². The molecule has 23 nitrogen and oxygen atoms in total. The number of carbonyl (C=O) groups excluding carboxylic acids is 3. The molecule has 3 aromatic heterocycles. The summed E-state index contributed by atoms with van der Waals surface area (Å²) in [5.41, 5.74) is -9.48. The Morgan fingerprint density at radius 1 is 0.883 bits per heavy atom. The number of sulfone groups is 1. The highest BCUT2D eigenvalue weighted by Gasteiger charge is 2.68. The van der Waals surface area contributed by atoms with E-state index in [2.05, 4.69) is 32.3 Å². The van der Waals surface area contributed by atoms with Crippen LogP contribution in [0.1, 0.15) is 110 Å².